The number of aromatic nitrogens is 3. The van der Waals surface area contributed by atoms with Crippen molar-refractivity contribution >= 4 is 21.8 Å². The van der Waals surface area contributed by atoms with Crippen molar-refractivity contribution in [3.05, 3.63) is 188 Å². The van der Waals surface area contributed by atoms with E-state index < -0.39 is 0 Å². The van der Waals surface area contributed by atoms with Crippen LogP contribution in [0.4, 0.5) is 0 Å². The highest BCUT2D eigenvalue weighted by atomic mass is 14.8. The number of hydrogen-bond donors (Lipinski definition) is 0. The number of rotatable bonds is 6. The van der Waals surface area contributed by atoms with Crippen LogP contribution >= 0.6 is 0 Å². The van der Waals surface area contributed by atoms with Crippen molar-refractivity contribution in [3.8, 4) is 67.2 Å². The normalized spacial score (nSPS) is 11.2. The van der Waals surface area contributed by atoms with E-state index >= 15 is 0 Å². The molecule has 6 aromatic carbocycles. The molecule has 0 N–H and O–H groups in total. The molecule has 0 atom stereocenters. The van der Waals surface area contributed by atoms with Gasteiger partial charge in [0.2, 0.25) is 0 Å². The summed E-state index contributed by atoms with van der Waals surface area (Å²) in [4.78, 5) is 15.4. The highest BCUT2D eigenvalue weighted by Crippen LogP contribution is 2.38. The maximum absolute atomic E-state index is 5.26. The lowest BCUT2D eigenvalue weighted by atomic mass is 9.94. The molecule has 3 nitrogen and oxygen atoms in total. The monoisotopic (exact) mass is 651 g/mol. The highest BCUT2D eigenvalue weighted by Gasteiger charge is 2.15. The minimum absolute atomic E-state index is 0.906. The molecule has 0 amide bonds. The second-order valence-corrected chi connectivity index (χ2v) is 12.9. The van der Waals surface area contributed by atoms with Crippen LogP contribution in [0.1, 0.15) is 5.69 Å². The molecule has 0 aliphatic heterocycles. The van der Waals surface area contributed by atoms with Gasteiger partial charge in [-0.05, 0) is 70.6 Å². The number of fused-ring (bicyclic) bond motifs is 3. The molecule has 3 heteroatoms. The first-order valence-electron chi connectivity index (χ1n) is 17.3. The molecule has 240 valence electrons. The minimum Gasteiger partial charge on any atom is -0.251 e. The molecular formula is C48H33N3. The maximum Gasteiger partial charge on any atom is 0.0978 e. The number of nitrogens with zero attached hydrogens (tertiary/aromatic N) is 3. The maximum atomic E-state index is 5.26. The summed E-state index contributed by atoms with van der Waals surface area (Å²) in [6.07, 6.45) is 0. The third-order valence-electron chi connectivity index (χ3n) is 9.54. The van der Waals surface area contributed by atoms with Crippen molar-refractivity contribution in [3.63, 3.8) is 0 Å². The van der Waals surface area contributed by atoms with Crippen LogP contribution in [0.3, 0.4) is 0 Å². The van der Waals surface area contributed by atoms with Gasteiger partial charge >= 0.3 is 0 Å². The zero-order chi connectivity index (χ0) is 34.1. The SMILES string of the molecule is Cc1ccc2ccc3c(-c4cccc(-c5cc(-c6ccc(-c7ccccc7)cc6)cc(-c6ccccc6)n5)c4)cc(-c4ccccc4)nc3c2n1. The Morgan fingerprint density at radius 3 is 1.49 bits per heavy atom. The van der Waals surface area contributed by atoms with E-state index in [1.54, 1.807) is 0 Å². The molecule has 0 saturated carbocycles. The predicted molar refractivity (Wildman–Crippen MR) is 212 cm³/mol. The van der Waals surface area contributed by atoms with Gasteiger partial charge < -0.3 is 0 Å². The zero-order valence-corrected chi connectivity index (χ0v) is 28.2. The summed E-state index contributed by atoms with van der Waals surface area (Å²) in [6, 6.07) is 64.0. The molecule has 0 bridgehead atoms. The van der Waals surface area contributed by atoms with E-state index in [2.05, 4.69) is 170 Å². The Balaban J connectivity index is 1.21. The van der Waals surface area contributed by atoms with Crippen molar-refractivity contribution in [2.75, 3.05) is 0 Å². The zero-order valence-electron chi connectivity index (χ0n) is 28.2. The molecule has 9 rings (SSSR count). The number of aryl methyl sites for hydroxylation is 1. The van der Waals surface area contributed by atoms with Crippen LogP contribution in [0.25, 0.3) is 89.0 Å². The lowest BCUT2D eigenvalue weighted by Gasteiger charge is -2.14. The summed E-state index contributed by atoms with van der Waals surface area (Å²) < 4.78 is 0. The van der Waals surface area contributed by atoms with Crippen LogP contribution < -0.4 is 0 Å². The molecule has 0 aliphatic carbocycles. The molecule has 0 unspecified atom stereocenters. The molecule has 0 saturated heterocycles. The van der Waals surface area contributed by atoms with Crippen molar-refractivity contribution < 1.29 is 0 Å². The topological polar surface area (TPSA) is 38.7 Å². The van der Waals surface area contributed by atoms with Gasteiger partial charge in [0.05, 0.1) is 28.1 Å². The number of benzene rings is 6. The first-order valence-corrected chi connectivity index (χ1v) is 17.3. The number of pyridine rings is 3. The van der Waals surface area contributed by atoms with Crippen LogP contribution in [0.2, 0.25) is 0 Å². The molecule has 0 spiro atoms. The van der Waals surface area contributed by atoms with E-state index in [4.69, 9.17) is 15.0 Å². The van der Waals surface area contributed by atoms with E-state index in [1.807, 2.05) is 19.1 Å². The van der Waals surface area contributed by atoms with E-state index in [-0.39, 0.29) is 0 Å². The largest absolute Gasteiger partial charge is 0.251 e. The fraction of sp³-hybridized carbons (Fsp3) is 0.0208. The third kappa shape index (κ3) is 5.96. The van der Waals surface area contributed by atoms with E-state index in [0.717, 1.165) is 83.5 Å². The van der Waals surface area contributed by atoms with Crippen LogP contribution in [-0.4, -0.2) is 15.0 Å². The summed E-state index contributed by atoms with van der Waals surface area (Å²) in [7, 11) is 0. The summed E-state index contributed by atoms with van der Waals surface area (Å²) >= 11 is 0. The minimum atomic E-state index is 0.906. The molecule has 0 radical (unpaired) electrons. The van der Waals surface area contributed by atoms with Crippen molar-refractivity contribution in [2.45, 2.75) is 6.92 Å². The smallest absolute Gasteiger partial charge is 0.0978 e. The van der Waals surface area contributed by atoms with Crippen molar-refractivity contribution in [2.24, 2.45) is 0 Å². The van der Waals surface area contributed by atoms with Gasteiger partial charge in [-0.15, -0.1) is 0 Å². The molecule has 0 fully saturated rings. The molecule has 9 aromatic rings. The second kappa shape index (κ2) is 13.0. The molecular weight excluding hydrogens is 619 g/mol. The Hall–Kier alpha value is -6.71. The summed E-state index contributed by atoms with van der Waals surface area (Å²) in [5.41, 5.74) is 15.7. The van der Waals surface area contributed by atoms with Crippen molar-refractivity contribution in [1.82, 2.24) is 15.0 Å². The van der Waals surface area contributed by atoms with Crippen LogP contribution in [-0.2, 0) is 0 Å². The van der Waals surface area contributed by atoms with E-state index in [1.165, 1.54) is 11.1 Å². The fourth-order valence-corrected chi connectivity index (χ4v) is 6.90. The van der Waals surface area contributed by atoms with Gasteiger partial charge in [0, 0.05) is 33.2 Å². The summed E-state index contributed by atoms with van der Waals surface area (Å²) in [5, 5.41) is 2.15. The lowest BCUT2D eigenvalue weighted by Crippen LogP contribution is -1.94. The Labute approximate surface area is 297 Å². The van der Waals surface area contributed by atoms with Gasteiger partial charge in [-0.2, -0.15) is 0 Å². The van der Waals surface area contributed by atoms with Gasteiger partial charge in [0.1, 0.15) is 0 Å². The average Bonchev–Trinajstić information content (AvgIpc) is 3.21. The Morgan fingerprint density at radius 2 is 0.824 bits per heavy atom. The lowest BCUT2D eigenvalue weighted by molar-refractivity contribution is 1.25. The Morgan fingerprint density at radius 1 is 0.314 bits per heavy atom. The first-order chi connectivity index (χ1) is 25.2. The second-order valence-electron chi connectivity index (χ2n) is 12.9. The van der Waals surface area contributed by atoms with Crippen molar-refractivity contribution in [1.29, 1.82) is 0 Å². The van der Waals surface area contributed by atoms with Gasteiger partial charge in [-0.1, -0.05) is 152 Å². The standard InChI is InChI=1S/C48H33N3/c1-32-20-21-38-26-27-42-43(31-46(37-16-9-4-10-17-37)51-48(42)47(38)49-32)39-18-11-19-40(28-39)45-30-41(29-44(50-45)36-14-7-3-8-15-36)35-24-22-34(23-25-35)33-12-5-2-6-13-33/h2-31H,1H3. The van der Waals surface area contributed by atoms with Crippen LogP contribution in [0, 0.1) is 6.92 Å². The molecule has 3 heterocycles. The van der Waals surface area contributed by atoms with Gasteiger partial charge in [-0.3, -0.25) is 4.98 Å². The van der Waals surface area contributed by atoms with Crippen LogP contribution in [0.15, 0.2) is 182 Å². The van der Waals surface area contributed by atoms with E-state index in [9.17, 15) is 0 Å². The molecule has 0 aliphatic rings. The molecule has 3 aromatic heterocycles. The first kappa shape index (κ1) is 30.4. The third-order valence-corrected chi connectivity index (χ3v) is 9.54. The Bertz CT molecular complexity index is 2670. The fourth-order valence-electron chi connectivity index (χ4n) is 6.90. The van der Waals surface area contributed by atoms with Gasteiger partial charge in [0.25, 0.3) is 0 Å². The Kier molecular flexibility index (Phi) is 7.71. The summed E-state index contributed by atoms with van der Waals surface area (Å²) in [5.74, 6) is 0. The average molecular weight is 652 g/mol. The van der Waals surface area contributed by atoms with Gasteiger partial charge in [-0.25, -0.2) is 9.97 Å². The number of hydrogen-bond acceptors (Lipinski definition) is 3. The van der Waals surface area contributed by atoms with Crippen LogP contribution in [0.5, 0.6) is 0 Å². The highest BCUT2D eigenvalue weighted by molar-refractivity contribution is 6.09. The predicted octanol–water partition coefficient (Wildman–Crippen LogP) is 12.5. The quantitative estimate of drug-likeness (QED) is 0.168. The summed E-state index contributed by atoms with van der Waals surface area (Å²) in [6.45, 7) is 2.03. The molecule has 51 heavy (non-hydrogen) atoms. The van der Waals surface area contributed by atoms with E-state index in [0.29, 0.717) is 0 Å². The van der Waals surface area contributed by atoms with Gasteiger partial charge in [0.15, 0.2) is 0 Å².